The molecule has 0 aliphatic heterocycles. The van der Waals surface area contributed by atoms with Crippen LogP contribution in [-0.2, 0) is 13.0 Å². The Bertz CT molecular complexity index is 936. The topological polar surface area (TPSA) is 120 Å². The molecule has 1 unspecified atom stereocenters. The lowest BCUT2D eigenvalue weighted by molar-refractivity contribution is 0.164. The molecule has 2 aromatic heterocycles. The first-order valence-electron chi connectivity index (χ1n) is 7.51. The first-order valence-corrected chi connectivity index (χ1v) is 7.89. The lowest BCUT2D eigenvalue weighted by atomic mass is 10.1. The number of anilines is 1. The van der Waals surface area contributed by atoms with E-state index in [4.69, 9.17) is 21.9 Å². The molecule has 9 heteroatoms. The molecule has 3 N–H and O–H groups in total. The van der Waals surface area contributed by atoms with Crippen molar-refractivity contribution in [3.8, 4) is 0 Å². The zero-order chi connectivity index (χ0) is 18.0. The van der Waals surface area contributed by atoms with E-state index in [0.717, 1.165) is 5.56 Å². The number of aliphatic hydroxyl groups is 1. The molecule has 8 nitrogen and oxygen atoms in total. The number of hydrogen-bond acceptors (Lipinski definition) is 7. The Morgan fingerprint density at radius 2 is 2.08 bits per heavy atom. The van der Waals surface area contributed by atoms with Gasteiger partial charge in [0.25, 0.3) is 5.56 Å². The molecule has 0 spiro atoms. The average Bonchev–Trinajstić information content (AvgIpc) is 3.06. The fourth-order valence-electron chi connectivity index (χ4n) is 2.24. The lowest BCUT2D eigenvalue weighted by Crippen LogP contribution is -2.26. The normalized spacial score (nSPS) is 12.3. The summed E-state index contributed by atoms with van der Waals surface area (Å²) in [6.07, 6.45) is 0.773. The largest absolute Gasteiger partial charge is 0.397 e. The molecule has 1 aromatic carbocycles. The third-order valence-electron chi connectivity index (χ3n) is 3.73. The summed E-state index contributed by atoms with van der Waals surface area (Å²) in [4.78, 5) is 16.2. The Morgan fingerprint density at radius 3 is 2.80 bits per heavy atom. The maximum absolute atomic E-state index is 12.1. The zero-order valence-corrected chi connectivity index (χ0v) is 14.1. The maximum Gasteiger partial charge on any atom is 0.272 e. The molecule has 3 rings (SSSR count). The monoisotopic (exact) mass is 361 g/mol. The second-order valence-corrected chi connectivity index (χ2v) is 6.02. The molecular weight excluding hydrogens is 346 g/mol. The molecule has 0 aliphatic carbocycles. The van der Waals surface area contributed by atoms with Crippen molar-refractivity contribution >= 4 is 17.3 Å². The molecule has 130 valence electrons. The number of aliphatic hydroxyl groups excluding tert-OH is 1. The summed E-state index contributed by atoms with van der Waals surface area (Å²) in [6, 6.07) is 7.11. The van der Waals surface area contributed by atoms with Crippen LogP contribution in [0.5, 0.6) is 0 Å². The van der Waals surface area contributed by atoms with Crippen LogP contribution in [0, 0.1) is 6.92 Å². The van der Waals surface area contributed by atoms with Crippen LogP contribution < -0.4 is 11.3 Å². The van der Waals surface area contributed by atoms with Crippen LogP contribution in [0.4, 0.5) is 5.69 Å². The summed E-state index contributed by atoms with van der Waals surface area (Å²) >= 11 is 5.84. The van der Waals surface area contributed by atoms with E-state index in [2.05, 4.69) is 15.2 Å². The van der Waals surface area contributed by atoms with Gasteiger partial charge in [-0.1, -0.05) is 28.9 Å². The van der Waals surface area contributed by atoms with E-state index in [0.29, 0.717) is 22.7 Å². The molecule has 25 heavy (non-hydrogen) atoms. The number of nitrogens with two attached hydrogens (primary N) is 1. The summed E-state index contributed by atoms with van der Waals surface area (Å²) < 4.78 is 6.27. The van der Waals surface area contributed by atoms with E-state index in [9.17, 15) is 9.90 Å². The van der Waals surface area contributed by atoms with Gasteiger partial charge in [0.2, 0.25) is 11.7 Å². The average molecular weight is 362 g/mol. The summed E-state index contributed by atoms with van der Waals surface area (Å²) in [5.41, 5.74) is 6.92. The molecule has 0 fully saturated rings. The first kappa shape index (κ1) is 17.1. The van der Waals surface area contributed by atoms with Crippen LogP contribution in [0.25, 0.3) is 0 Å². The van der Waals surface area contributed by atoms with Crippen molar-refractivity contribution < 1.29 is 9.63 Å². The van der Waals surface area contributed by atoms with Crippen molar-refractivity contribution in [2.24, 2.45) is 0 Å². The number of nitrogens with zero attached hydrogens (tertiary/aromatic N) is 4. The quantitative estimate of drug-likeness (QED) is 0.706. The van der Waals surface area contributed by atoms with Gasteiger partial charge >= 0.3 is 0 Å². The minimum atomic E-state index is -0.934. The maximum atomic E-state index is 12.1. The molecule has 0 bridgehead atoms. The third kappa shape index (κ3) is 3.86. The highest BCUT2D eigenvalue weighted by molar-refractivity contribution is 6.30. The predicted octanol–water partition coefficient (Wildman–Crippen LogP) is 1.49. The summed E-state index contributed by atoms with van der Waals surface area (Å²) in [7, 11) is 0. The van der Waals surface area contributed by atoms with Crippen molar-refractivity contribution in [2.45, 2.75) is 26.0 Å². The molecule has 0 saturated carbocycles. The van der Waals surface area contributed by atoms with Crippen LogP contribution in [0.3, 0.4) is 0 Å². The highest BCUT2D eigenvalue weighted by Gasteiger charge is 2.17. The van der Waals surface area contributed by atoms with Gasteiger partial charge in [-0.15, -0.1) is 0 Å². The number of halogens is 1. The minimum Gasteiger partial charge on any atom is -0.397 e. The minimum absolute atomic E-state index is 0.000613. The van der Waals surface area contributed by atoms with E-state index in [1.165, 1.54) is 10.9 Å². The number of rotatable bonds is 5. The van der Waals surface area contributed by atoms with Crippen LogP contribution in [0.15, 0.2) is 39.8 Å². The van der Waals surface area contributed by atoms with Crippen molar-refractivity contribution in [3.63, 3.8) is 0 Å². The van der Waals surface area contributed by atoms with E-state index >= 15 is 0 Å². The van der Waals surface area contributed by atoms with Crippen molar-refractivity contribution in [2.75, 3.05) is 5.73 Å². The van der Waals surface area contributed by atoms with Crippen molar-refractivity contribution in [1.29, 1.82) is 0 Å². The van der Waals surface area contributed by atoms with Gasteiger partial charge < -0.3 is 15.4 Å². The molecule has 2 heterocycles. The number of nitrogen functional groups attached to an aromatic ring is 1. The molecule has 3 aromatic rings. The Morgan fingerprint density at radius 1 is 1.36 bits per heavy atom. The summed E-state index contributed by atoms with van der Waals surface area (Å²) in [5.74, 6) is 0.314. The second kappa shape index (κ2) is 7.04. The van der Waals surface area contributed by atoms with Gasteiger partial charge in [-0.3, -0.25) is 4.79 Å². The molecule has 0 aliphatic rings. The van der Waals surface area contributed by atoms with Gasteiger partial charge in [-0.05, 0) is 24.6 Å². The number of benzene rings is 1. The highest BCUT2D eigenvalue weighted by atomic mass is 35.5. The first-order chi connectivity index (χ1) is 11.9. The van der Waals surface area contributed by atoms with Crippen LogP contribution >= 0.6 is 11.6 Å². The number of aromatic nitrogens is 4. The molecule has 1 atom stereocenters. The molecule has 0 amide bonds. The van der Waals surface area contributed by atoms with Gasteiger partial charge in [-0.25, -0.2) is 4.68 Å². The predicted molar refractivity (Wildman–Crippen MR) is 91.2 cm³/mol. The smallest absolute Gasteiger partial charge is 0.272 e. The Labute approximate surface area is 147 Å². The molecule has 0 radical (unpaired) electrons. The van der Waals surface area contributed by atoms with Gasteiger partial charge in [-0.2, -0.15) is 10.1 Å². The second-order valence-electron chi connectivity index (χ2n) is 5.58. The summed E-state index contributed by atoms with van der Waals surface area (Å²) in [5, 5.41) is 18.6. The summed E-state index contributed by atoms with van der Waals surface area (Å²) in [6.45, 7) is 1.62. The van der Waals surface area contributed by atoms with Crippen LogP contribution in [0.1, 0.15) is 28.9 Å². The highest BCUT2D eigenvalue weighted by Crippen LogP contribution is 2.18. The number of hydrogen-bond donors (Lipinski definition) is 2. The van der Waals surface area contributed by atoms with Crippen molar-refractivity contribution in [3.05, 3.63) is 68.7 Å². The standard InChI is InChI=1S/C16H16ClN5O3/c1-9-12(18)7-19-22(16(9)24)8-14-20-15(21-25-14)13(23)6-10-2-4-11(17)5-3-10/h2-5,7,13,23H,6,8,18H2,1H3. The van der Waals surface area contributed by atoms with Gasteiger partial charge in [0.1, 0.15) is 12.6 Å². The fourth-order valence-corrected chi connectivity index (χ4v) is 2.37. The van der Waals surface area contributed by atoms with E-state index in [-0.39, 0.29) is 23.8 Å². The van der Waals surface area contributed by atoms with Crippen molar-refractivity contribution in [1.82, 2.24) is 19.9 Å². The van der Waals surface area contributed by atoms with Gasteiger partial charge in [0, 0.05) is 17.0 Å². The van der Waals surface area contributed by atoms with Crippen LogP contribution in [-0.4, -0.2) is 25.0 Å². The lowest BCUT2D eigenvalue weighted by Gasteiger charge is -2.06. The van der Waals surface area contributed by atoms with E-state index < -0.39 is 6.10 Å². The SMILES string of the molecule is Cc1c(N)cnn(Cc2nc(C(O)Cc3ccc(Cl)cc3)no2)c1=O. The van der Waals surface area contributed by atoms with E-state index in [1.54, 1.807) is 19.1 Å². The van der Waals surface area contributed by atoms with E-state index in [1.807, 2.05) is 12.1 Å². The molecule has 0 saturated heterocycles. The Hall–Kier alpha value is -2.71. The zero-order valence-electron chi connectivity index (χ0n) is 13.4. The third-order valence-corrected chi connectivity index (χ3v) is 3.99. The Balaban J connectivity index is 1.73. The molecular formula is C16H16ClN5O3. The Kier molecular flexibility index (Phi) is 4.82. The fraction of sp³-hybridized carbons (Fsp3) is 0.250. The van der Waals surface area contributed by atoms with Gasteiger partial charge in [0.15, 0.2) is 0 Å². The van der Waals surface area contributed by atoms with Gasteiger partial charge in [0.05, 0.1) is 11.9 Å². The van der Waals surface area contributed by atoms with Crippen LogP contribution in [0.2, 0.25) is 5.02 Å².